The molecule has 0 aromatic heterocycles. The fraction of sp³-hybridized carbons (Fsp3) is 0.600. The van der Waals surface area contributed by atoms with Gasteiger partial charge < -0.3 is 5.32 Å². The first-order valence-electron chi connectivity index (χ1n) is 6.70. The van der Waals surface area contributed by atoms with Gasteiger partial charge in [0.2, 0.25) is 0 Å². The molecule has 0 spiro atoms. The number of rotatable bonds is 6. The fourth-order valence-corrected chi connectivity index (χ4v) is 2.68. The van der Waals surface area contributed by atoms with E-state index in [2.05, 4.69) is 31.3 Å². The minimum atomic E-state index is 0.498. The van der Waals surface area contributed by atoms with Crippen LogP contribution < -0.4 is 5.32 Å². The number of hydrogen-bond donors (Lipinski definition) is 1. The number of halogens is 1. The molecule has 1 aliphatic carbocycles. The molecule has 1 N–H and O–H groups in total. The summed E-state index contributed by atoms with van der Waals surface area (Å²) in [5.74, 6) is 1.00. The van der Waals surface area contributed by atoms with E-state index in [-0.39, 0.29) is 0 Å². The molecule has 1 nitrogen and oxygen atoms in total. The van der Waals surface area contributed by atoms with E-state index in [1.807, 2.05) is 6.07 Å². The number of benzene rings is 1. The highest BCUT2D eigenvalue weighted by Crippen LogP contribution is 2.36. The van der Waals surface area contributed by atoms with E-state index in [0.717, 1.165) is 17.5 Å². The smallest absolute Gasteiger partial charge is 0.0408 e. The summed E-state index contributed by atoms with van der Waals surface area (Å²) in [6.45, 7) is 5.36. The Kier molecular flexibility index (Phi) is 4.47. The fourth-order valence-electron chi connectivity index (χ4n) is 2.45. The molecule has 94 valence electrons. The Morgan fingerprint density at radius 1 is 1.41 bits per heavy atom. The van der Waals surface area contributed by atoms with Crippen molar-refractivity contribution in [2.24, 2.45) is 5.92 Å². The minimum absolute atomic E-state index is 0.498. The molecular formula is C15H22ClN. The molecule has 0 bridgehead atoms. The molecule has 0 amide bonds. The first kappa shape index (κ1) is 12.9. The summed E-state index contributed by atoms with van der Waals surface area (Å²) >= 11 is 6.02. The number of hydrogen-bond acceptors (Lipinski definition) is 1. The van der Waals surface area contributed by atoms with Crippen LogP contribution in [0, 0.1) is 12.8 Å². The van der Waals surface area contributed by atoms with Crippen LogP contribution in [0.5, 0.6) is 0 Å². The van der Waals surface area contributed by atoms with Gasteiger partial charge in [0.1, 0.15) is 0 Å². The average Bonchev–Trinajstić information content (AvgIpc) is 3.09. The second-order valence-electron chi connectivity index (χ2n) is 5.13. The van der Waals surface area contributed by atoms with Gasteiger partial charge in [0.25, 0.3) is 0 Å². The van der Waals surface area contributed by atoms with E-state index in [1.165, 1.54) is 36.8 Å². The Balaban J connectivity index is 2.06. The van der Waals surface area contributed by atoms with Gasteiger partial charge in [-0.05, 0) is 55.5 Å². The molecule has 2 heteroatoms. The molecule has 0 radical (unpaired) electrons. The Hall–Kier alpha value is -0.530. The third-order valence-electron chi connectivity index (χ3n) is 3.62. The predicted octanol–water partition coefficient (Wildman–Crippen LogP) is 4.49. The van der Waals surface area contributed by atoms with Crippen molar-refractivity contribution >= 4 is 11.6 Å². The van der Waals surface area contributed by atoms with Crippen molar-refractivity contribution in [3.8, 4) is 0 Å². The average molecular weight is 252 g/mol. The zero-order valence-corrected chi connectivity index (χ0v) is 11.6. The molecule has 0 heterocycles. The van der Waals surface area contributed by atoms with E-state index in [9.17, 15) is 0 Å². The van der Waals surface area contributed by atoms with E-state index in [1.54, 1.807) is 0 Å². The van der Waals surface area contributed by atoms with E-state index >= 15 is 0 Å². The zero-order valence-electron chi connectivity index (χ0n) is 10.8. The van der Waals surface area contributed by atoms with Gasteiger partial charge in [0, 0.05) is 11.1 Å². The quantitative estimate of drug-likeness (QED) is 0.786. The first-order chi connectivity index (χ1) is 8.20. The van der Waals surface area contributed by atoms with Crippen molar-refractivity contribution < 1.29 is 0 Å². The highest BCUT2D eigenvalue weighted by Gasteiger charge is 2.23. The standard InChI is InChI=1S/C15H22ClN/c1-3-17-15(9-6-12-4-5-12)14-8-7-13(16)10-11(14)2/h7-8,10,12,15,17H,3-6,9H2,1-2H3. The van der Waals surface area contributed by atoms with Crippen LogP contribution in [0.2, 0.25) is 5.02 Å². The Morgan fingerprint density at radius 2 is 2.18 bits per heavy atom. The Morgan fingerprint density at radius 3 is 2.76 bits per heavy atom. The number of nitrogens with one attached hydrogen (secondary N) is 1. The topological polar surface area (TPSA) is 12.0 Å². The van der Waals surface area contributed by atoms with Crippen molar-refractivity contribution in [1.29, 1.82) is 0 Å². The van der Waals surface area contributed by atoms with Gasteiger partial charge in [0.15, 0.2) is 0 Å². The van der Waals surface area contributed by atoms with Crippen molar-refractivity contribution in [1.82, 2.24) is 5.32 Å². The molecule has 17 heavy (non-hydrogen) atoms. The van der Waals surface area contributed by atoms with Gasteiger partial charge >= 0.3 is 0 Å². The lowest BCUT2D eigenvalue weighted by Gasteiger charge is -2.20. The van der Waals surface area contributed by atoms with Gasteiger partial charge in [-0.2, -0.15) is 0 Å². The van der Waals surface area contributed by atoms with Crippen molar-refractivity contribution in [3.05, 3.63) is 34.3 Å². The normalized spacial score (nSPS) is 17.1. The summed E-state index contributed by atoms with van der Waals surface area (Å²) in [4.78, 5) is 0. The van der Waals surface area contributed by atoms with Gasteiger partial charge in [-0.3, -0.25) is 0 Å². The van der Waals surface area contributed by atoms with E-state index in [0.29, 0.717) is 6.04 Å². The molecule has 1 saturated carbocycles. The molecule has 1 aromatic rings. The number of aryl methyl sites for hydroxylation is 1. The summed E-state index contributed by atoms with van der Waals surface area (Å²) in [6, 6.07) is 6.75. The van der Waals surface area contributed by atoms with Crippen LogP contribution in [0.25, 0.3) is 0 Å². The van der Waals surface area contributed by atoms with Crippen LogP contribution in [0.3, 0.4) is 0 Å². The SMILES string of the molecule is CCNC(CCC1CC1)c1ccc(Cl)cc1C. The molecule has 1 unspecified atom stereocenters. The largest absolute Gasteiger partial charge is 0.310 e. The van der Waals surface area contributed by atoms with Crippen LogP contribution in [0.1, 0.15) is 49.8 Å². The van der Waals surface area contributed by atoms with Crippen molar-refractivity contribution in [2.45, 2.75) is 45.6 Å². The van der Waals surface area contributed by atoms with Gasteiger partial charge in [-0.15, -0.1) is 0 Å². The molecule has 0 aliphatic heterocycles. The molecule has 1 fully saturated rings. The van der Waals surface area contributed by atoms with Gasteiger partial charge in [0.05, 0.1) is 0 Å². The minimum Gasteiger partial charge on any atom is -0.310 e. The van der Waals surface area contributed by atoms with Crippen LogP contribution >= 0.6 is 11.6 Å². The second kappa shape index (κ2) is 5.88. The molecule has 2 rings (SSSR count). The lowest BCUT2D eigenvalue weighted by atomic mass is 9.96. The van der Waals surface area contributed by atoms with Gasteiger partial charge in [-0.1, -0.05) is 37.4 Å². The zero-order chi connectivity index (χ0) is 12.3. The summed E-state index contributed by atoms with van der Waals surface area (Å²) in [6.07, 6.45) is 5.50. The predicted molar refractivity (Wildman–Crippen MR) is 74.6 cm³/mol. The van der Waals surface area contributed by atoms with Crippen molar-refractivity contribution in [2.75, 3.05) is 6.54 Å². The third kappa shape index (κ3) is 3.72. The highest BCUT2D eigenvalue weighted by atomic mass is 35.5. The maximum atomic E-state index is 6.02. The lowest BCUT2D eigenvalue weighted by Crippen LogP contribution is -2.21. The molecule has 1 atom stereocenters. The van der Waals surface area contributed by atoms with Crippen LogP contribution in [0.15, 0.2) is 18.2 Å². The molecule has 1 aromatic carbocycles. The second-order valence-corrected chi connectivity index (χ2v) is 5.57. The Labute approximate surface area is 110 Å². The Bertz CT molecular complexity index is 371. The maximum Gasteiger partial charge on any atom is 0.0408 e. The van der Waals surface area contributed by atoms with E-state index in [4.69, 9.17) is 11.6 Å². The molecule has 0 saturated heterocycles. The molecule has 1 aliphatic rings. The van der Waals surface area contributed by atoms with Gasteiger partial charge in [-0.25, -0.2) is 0 Å². The maximum absolute atomic E-state index is 6.02. The summed E-state index contributed by atoms with van der Waals surface area (Å²) in [5.41, 5.74) is 2.72. The summed E-state index contributed by atoms with van der Waals surface area (Å²) in [5, 5.41) is 4.44. The monoisotopic (exact) mass is 251 g/mol. The van der Waals surface area contributed by atoms with Crippen LogP contribution in [-0.2, 0) is 0 Å². The highest BCUT2D eigenvalue weighted by molar-refractivity contribution is 6.30. The van der Waals surface area contributed by atoms with Crippen molar-refractivity contribution in [3.63, 3.8) is 0 Å². The molecular weight excluding hydrogens is 230 g/mol. The van der Waals surface area contributed by atoms with E-state index < -0.39 is 0 Å². The summed E-state index contributed by atoms with van der Waals surface area (Å²) < 4.78 is 0. The van der Waals surface area contributed by atoms with Crippen LogP contribution in [-0.4, -0.2) is 6.54 Å². The van der Waals surface area contributed by atoms with Crippen LogP contribution in [0.4, 0.5) is 0 Å². The third-order valence-corrected chi connectivity index (χ3v) is 3.85. The lowest BCUT2D eigenvalue weighted by molar-refractivity contribution is 0.480. The first-order valence-corrected chi connectivity index (χ1v) is 7.08. The summed E-state index contributed by atoms with van der Waals surface area (Å²) in [7, 11) is 0.